The van der Waals surface area contributed by atoms with E-state index in [2.05, 4.69) is 71.3 Å². The number of unbranched alkanes of at least 4 members (excludes halogenated alkanes) is 5. The van der Waals surface area contributed by atoms with Crippen LogP contribution in [0.2, 0.25) is 0 Å². The van der Waals surface area contributed by atoms with E-state index < -0.39 is 0 Å². The third-order valence-corrected chi connectivity index (χ3v) is 3.89. The van der Waals surface area contributed by atoms with Crippen LogP contribution in [0.15, 0.2) is 59.9 Å². The summed E-state index contributed by atoms with van der Waals surface area (Å²) in [5, 5.41) is 1.10. The molecular weight excluding hydrogens is 268 g/mol. The monoisotopic (exact) mass is 296 g/mol. The maximum atomic E-state index is 4.66. The molecule has 118 valence electrons. The minimum Gasteiger partial charge on any atom is -0.350 e. The van der Waals surface area contributed by atoms with Crippen molar-refractivity contribution in [2.24, 2.45) is 4.99 Å². The van der Waals surface area contributed by atoms with Crippen molar-refractivity contribution in [2.75, 3.05) is 6.54 Å². The van der Waals surface area contributed by atoms with Crippen LogP contribution in [0.25, 0.3) is 0 Å². The van der Waals surface area contributed by atoms with Crippen LogP contribution in [0.4, 0.5) is 0 Å². The van der Waals surface area contributed by atoms with Crippen molar-refractivity contribution in [1.82, 2.24) is 4.57 Å². The molecule has 0 bridgehead atoms. The molecule has 0 saturated carbocycles. The highest BCUT2D eigenvalue weighted by Gasteiger charge is 1.92. The van der Waals surface area contributed by atoms with Crippen molar-refractivity contribution in [2.45, 2.75) is 52.0 Å². The zero-order valence-electron chi connectivity index (χ0n) is 13.7. The Bertz CT molecular complexity index is 564. The average Bonchev–Trinajstić information content (AvgIpc) is 2.56. The Morgan fingerprint density at radius 2 is 1.50 bits per heavy atom. The number of hydrogen-bond donors (Lipinski definition) is 0. The summed E-state index contributed by atoms with van der Waals surface area (Å²) in [5.74, 6) is 0. The Morgan fingerprint density at radius 1 is 0.818 bits per heavy atom. The Morgan fingerprint density at radius 3 is 2.23 bits per heavy atom. The van der Waals surface area contributed by atoms with Gasteiger partial charge in [-0.15, -0.1) is 0 Å². The fourth-order valence-corrected chi connectivity index (χ4v) is 2.55. The first kappa shape index (κ1) is 16.5. The van der Waals surface area contributed by atoms with E-state index in [4.69, 9.17) is 0 Å². The van der Waals surface area contributed by atoms with Gasteiger partial charge in [-0.25, -0.2) is 0 Å². The molecule has 1 aromatic heterocycles. The number of pyridine rings is 1. The smallest absolute Gasteiger partial charge is 0.0603 e. The number of rotatable bonds is 9. The number of aromatic nitrogens is 1. The maximum absolute atomic E-state index is 4.66. The molecule has 2 rings (SSSR count). The molecule has 0 N–H and O–H groups in total. The van der Waals surface area contributed by atoms with Crippen LogP contribution < -0.4 is 5.36 Å². The normalized spacial score (nSPS) is 10.6. The molecule has 0 saturated heterocycles. The molecule has 0 fully saturated rings. The van der Waals surface area contributed by atoms with Gasteiger partial charge >= 0.3 is 0 Å². The first-order valence-corrected chi connectivity index (χ1v) is 8.59. The van der Waals surface area contributed by atoms with Crippen LogP contribution >= 0.6 is 0 Å². The van der Waals surface area contributed by atoms with Crippen molar-refractivity contribution in [3.8, 4) is 0 Å². The molecule has 1 aromatic carbocycles. The molecule has 0 spiro atoms. The maximum Gasteiger partial charge on any atom is 0.0603 e. The van der Waals surface area contributed by atoms with E-state index in [1.807, 2.05) is 0 Å². The lowest BCUT2D eigenvalue weighted by atomic mass is 10.1. The second-order valence-corrected chi connectivity index (χ2v) is 5.86. The van der Waals surface area contributed by atoms with Crippen LogP contribution in [0.5, 0.6) is 0 Å². The lowest BCUT2D eigenvalue weighted by Gasteiger charge is -2.05. The molecule has 2 nitrogen and oxygen atoms in total. The number of nitrogens with zero attached hydrogens (tertiary/aromatic N) is 2. The van der Waals surface area contributed by atoms with Gasteiger partial charge in [0.05, 0.1) is 5.36 Å². The SMILES string of the molecule is CCCCCCCCN=c1ccn(Cc2ccccc2)cc1. The molecule has 2 heteroatoms. The summed E-state index contributed by atoms with van der Waals surface area (Å²) in [6, 6.07) is 14.8. The Balaban J connectivity index is 1.75. The van der Waals surface area contributed by atoms with Gasteiger partial charge < -0.3 is 4.57 Å². The summed E-state index contributed by atoms with van der Waals surface area (Å²) in [6.07, 6.45) is 12.2. The topological polar surface area (TPSA) is 17.3 Å². The van der Waals surface area contributed by atoms with E-state index in [-0.39, 0.29) is 0 Å². The summed E-state index contributed by atoms with van der Waals surface area (Å²) < 4.78 is 2.19. The lowest BCUT2D eigenvalue weighted by molar-refractivity contribution is 0.610. The van der Waals surface area contributed by atoms with Crippen LogP contribution in [0, 0.1) is 0 Å². The number of benzene rings is 1. The highest BCUT2D eigenvalue weighted by molar-refractivity contribution is 5.15. The third kappa shape index (κ3) is 6.30. The first-order valence-electron chi connectivity index (χ1n) is 8.59. The van der Waals surface area contributed by atoms with Gasteiger partial charge in [0.25, 0.3) is 0 Å². The van der Waals surface area contributed by atoms with Gasteiger partial charge in [0, 0.05) is 25.5 Å². The van der Waals surface area contributed by atoms with Gasteiger partial charge in [0.15, 0.2) is 0 Å². The standard InChI is InChI=1S/C20H28N2/c1-2-3-4-5-6-10-15-21-20-13-16-22(17-14-20)18-19-11-8-7-9-12-19/h7-9,11-14,16-17H,2-6,10,15,18H2,1H3. The fraction of sp³-hybridized carbons (Fsp3) is 0.450. The molecule has 22 heavy (non-hydrogen) atoms. The number of hydrogen-bond acceptors (Lipinski definition) is 1. The summed E-state index contributed by atoms with van der Waals surface area (Å²) >= 11 is 0. The van der Waals surface area contributed by atoms with Crippen LogP contribution in [-0.4, -0.2) is 11.1 Å². The molecule has 0 aliphatic rings. The summed E-state index contributed by atoms with van der Waals surface area (Å²) in [5.41, 5.74) is 1.32. The summed E-state index contributed by atoms with van der Waals surface area (Å²) in [4.78, 5) is 4.66. The van der Waals surface area contributed by atoms with Gasteiger partial charge in [0.2, 0.25) is 0 Å². The van der Waals surface area contributed by atoms with Crippen molar-refractivity contribution in [3.63, 3.8) is 0 Å². The Kier molecular flexibility index (Phi) is 7.51. The highest BCUT2D eigenvalue weighted by Crippen LogP contribution is 2.04. The Labute approximate surface area is 134 Å². The molecule has 0 radical (unpaired) electrons. The van der Waals surface area contributed by atoms with Gasteiger partial charge in [0.1, 0.15) is 0 Å². The van der Waals surface area contributed by atoms with E-state index in [9.17, 15) is 0 Å². The van der Waals surface area contributed by atoms with Gasteiger partial charge in [-0.1, -0.05) is 69.4 Å². The van der Waals surface area contributed by atoms with E-state index in [1.54, 1.807) is 0 Å². The fourth-order valence-electron chi connectivity index (χ4n) is 2.55. The summed E-state index contributed by atoms with van der Waals surface area (Å²) in [6.45, 7) is 4.13. The largest absolute Gasteiger partial charge is 0.350 e. The quantitative estimate of drug-likeness (QED) is 0.592. The van der Waals surface area contributed by atoms with Gasteiger partial charge in [-0.2, -0.15) is 0 Å². The van der Waals surface area contributed by atoms with E-state index >= 15 is 0 Å². The second-order valence-electron chi connectivity index (χ2n) is 5.86. The van der Waals surface area contributed by atoms with Crippen molar-refractivity contribution in [1.29, 1.82) is 0 Å². The predicted molar refractivity (Wildman–Crippen MR) is 93.8 cm³/mol. The van der Waals surface area contributed by atoms with Crippen LogP contribution in [-0.2, 0) is 6.54 Å². The second kappa shape index (κ2) is 9.99. The van der Waals surface area contributed by atoms with E-state index in [0.717, 1.165) is 18.4 Å². The molecule has 0 atom stereocenters. The predicted octanol–water partition coefficient (Wildman–Crippen LogP) is 4.80. The van der Waals surface area contributed by atoms with Crippen LogP contribution in [0.1, 0.15) is 51.0 Å². The molecule has 0 aliphatic heterocycles. The van der Waals surface area contributed by atoms with Gasteiger partial charge in [-0.3, -0.25) is 4.99 Å². The average molecular weight is 296 g/mol. The Hall–Kier alpha value is -1.83. The van der Waals surface area contributed by atoms with Crippen molar-refractivity contribution < 1.29 is 0 Å². The molecule has 0 aliphatic carbocycles. The zero-order valence-corrected chi connectivity index (χ0v) is 13.7. The van der Waals surface area contributed by atoms with E-state index in [0.29, 0.717) is 0 Å². The molecule has 0 unspecified atom stereocenters. The minimum absolute atomic E-state index is 0.915. The summed E-state index contributed by atoms with van der Waals surface area (Å²) in [7, 11) is 0. The van der Waals surface area contributed by atoms with Gasteiger partial charge in [-0.05, 0) is 24.1 Å². The molecule has 1 heterocycles. The van der Waals surface area contributed by atoms with Crippen molar-refractivity contribution in [3.05, 3.63) is 65.8 Å². The zero-order chi connectivity index (χ0) is 15.5. The van der Waals surface area contributed by atoms with E-state index in [1.165, 1.54) is 44.1 Å². The lowest BCUT2D eigenvalue weighted by Crippen LogP contribution is -2.07. The highest BCUT2D eigenvalue weighted by atomic mass is 14.9. The third-order valence-electron chi connectivity index (χ3n) is 3.89. The minimum atomic E-state index is 0.915. The molecule has 0 amide bonds. The van der Waals surface area contributed by atoms with Crippen molar-refractivity contribution >= 4 is 0 Å². The van der Waals surface area contributed by atoms with Crippen LogP contribution in [0.3, 0.4) is 0 Å². The first-order chi connectivity index (χ1) is 10.9. The molecule has 2 aromatic rings. The molecular formula is C20H28N2.